The van der Waals surface area contributed by atoms with Crippen molar-refractivity contribution in [2.45, 2.75) is 26.8 Å². The second-order valence-corrected chi connectivity index (χ2v) is 7.98. The van der Waals surface area contributed by atoms with Crippen LogP contribution in [0.3, 0.4) is 0 Å². The molecule has 1 amide bonds. The molecule has 0 bridgehead atoms. The van der Waals surface area contributed by atoms with E-state index in [2.05, 4.69) is 46.8 Å². The van der Waals surface area contributed by atoms with Crippen molar-refractivity contribution in [2.75, 3.05) is 30.4 Å². The molecule has 1 aliphatic rings. The van der Waals surface area contributed by atoms with Crippen LogP contribution in [-0.4, -0.2) is 31.2 Å². The van der Waals surface area contributed by atoms with Crippen LogP contribution in [0.25, 0.3) is 0 Å². The van der Waals surface area contributed by atoms with Gasteiger partial charge in [-0.25, -0.2) is 0 Å². The summed E-state index contributed by atoms with van der Waals surface area (Å²) < 4.78 is 5.35. The second kappa shape index (κ2) is 10.0. The number of carbonyl (C=O) groups excluding carboxylic acids is 1. The van der Waals surface area contributed by atoms with Crippen molar-refractivity contribution in [2.24, 2.45) is 0 Å². The van der Waals surface area contributed by atoms with Gasteiger partial charge in [-0.05, 0) is 68.9 Å². The van der Waals surface area contributed by atoms with E-state index in [4.69, 9.17) is 28.6 Å². The highest BCUT2D eigenvalue weighted by atomic mass is 35.5. The fourth-order valence-corrected chi connectivity index (χ4v) is 4.12. The summed E-state index contributed by atoms with van der Waals surface area (Å²) >= 11 is 11.5. The molecule has 2 aromatic rings. The fourth-order valence-electron chi connectivity index (χ4n) is 3.68. The Balaban J connectivity index is 1.93. The van der Waals surface area contributed by atoms with Gasteiger partial charge in [-0.3, -0.25) is 4.79 Å². The van der Waals surface area contributed by atoms with E-state index in [0.29, 0.717) is 32.8 Å². The first kappa shape index (κ1) is 22.9. The van der Waals surface area contributed by atoms with Crippen LogP contribution < -0.4 is 25.6 Å². The number of benzene rings is 2. The lowest BCUT2D eigenvalue weighted by molar-refractivity contribution is -0.113. The molecule has 2 aromatic carbocycles. The zero-order valence-electron chi connectivity index (χ0n) is 18.1. The Morgan fingerprint density at radius 2 is 1.87 bits per heavy atom. The van der Waals surface area contributed by atoms with Gasteiger partial charge in [0, 0.05) is 29.5 Å². The fraction of sp³-hybridized carbons (Fsp3) is 0.304. The van der Waals surface area contributed by atoms with Crippen molar-refractivity contribution in [3.05, 3.63) is 64.3 Å². The van der Waals surface area contributed by atoms with Crippen molar-refractivity contribution in [1.29, 1.82) is 0 Å². The van der Waals surface area contributed by atoms with Crippen LogP contribution in [0, 0.1) is 0 Å². The van der Waals surface area contributed by atoms with E-state index in [-0.39, 0.29) is 11.9 Å². The van der Waals surface area contributed by atoms with Gasteiger partial charge in [-0.15, -0.1) is 0 Å². The van der Waals surface area contributed by atoms with Gasteiger partial charge in [-0.1, -0.05) is 23.7 Å². The summed E-state index contributed by atoms with van der Waals surface area (Å²) in [6.45, 7) is 7.96. The molecule has 1 heterocycles. The lowest BCUT2D eigenvalue weighted by Crippen LogP contribution is -2.45. The highest BCUT2D eigenvalue weighted by Gasteiger charge is 2.30. The lowest BCUT2D eigenvalue weighted by atomic mass is 9.94. The average Bonchev–Trinajstić information content (AvgIpc) is 2.74. The smallest absolute Gasteiger partial charge is 0.255 e. The Labute approximate surface area is 193 Å². The molecule has 3 N–H and O–H groups in total. The number of thiocarbonyl (C=S) groups is 1. The number of amides is 1. The zero-order valence-corrected chi connectivity index (χ0v) is 19.7. The lowest BCUT2D eigenvalue weighted by Gasteiger charge is -2.31. The molecule has 164 valence electrons. The summed E-state index contributed by atoms with van der Waals surface area (Å²) in [7, 11) is 1.55. The number of carbonyl (C=O) groups is 1. The van der Waals surface area contributed by atoms with Gasteiger partial charge in [0.1, 0.15) is 5.75 Å². The molecule has 0 saturated heterocycles. The number of rotatable bonds is 7. The number of nitrogens with zero attached hydrogens (tertiary/aromatic N) is 1. The standard InChI is InChI=1S/C23H27ClN4O2S/c1-5-28(6-2)17-10-7-15(8-11-17)21-20(14(3)25-23(31)27-21)22(29)26-18-13-16(24)9-12-19(18)30-4/h7-13,21H,5-6H2,1-4H3,(H,26,29)(H2,25,27,31). The quantitative estimate of drug-likeness (QED) is 0.526. The predicted molar refractivity (Wildman–Crippen MR) is 131 cm³/mol. The molecule has 0 spiro atoms. The molecule has 6 nitrogen and oxygen atoms in total. The molecule has 0 radical (unpaired) electrons. The van der Waals surface area contributed by atoms with Crippen LogP contribution >= 0.6 is 23.8 Å². The number of halogens is 1. The molecule has 1 atom stereocenters. The third kappa shape index (κ3) is 5.11. The molecule has 1 aliphatic heterocycles. The molecular formula is C23H27ClN4O2S. The Kier molecular flexibility index (Phi) is 7.41. The van der Waals surface area contributed by atoms with E-state index in [1.807, 2.05) is 19.1 Å². The van der Waals surface area contributed by atoms with Crippen molar-refractivity contribution in [1.82, 2.24) is 10.6 Å². The summed E-state index contributed by atoms with van der Waals surface area (Å²) in [5.74, 6) is 0.266. The van der Waals surface area contributed by atoms with E-state index in [1.54, 1.807) is 25.3 Å². The van der Waals surface area contributed by atoms with Gasteiger partial charge in [0.15, 0.2) is 5.11 Å². The van der Waals surface area contributed by atoms with Gasteiger partial charge in [0.25, 0.3) is 5.91 Å². The maximum atomic E-state index is 13.3. The average molecular weight is 459 g/mol. The van der Waals surface area contributed by atoms with Gasteiger partial charge in [0.05, 0.1) is 24.4 Å². The van der Waals surface area contributed by atoms with Crippen LogP contribution in [0.2, 0.25) is 5.02 Å². The third-order valence-corrected chi connectivity index (χ3v) is 5.73. The zero-order chi connectivity index (χ0) is 22.5. The first-order chi connectivity index (χ1) is 14.9. The molecule has 0 aliphatic carbocycles. The van der Waals surface area contributed by atoms with Crippen LogP contribution in [0.5, 0.6) is 5.75 Å². The molecule has 3 rings (SSSR count). The van der Waals surface area contributed by atoms with Crippen molar-refractivity contribution in [3.63, 3.8) is 0 Å². The van der Waals surface area contributed by atoms with Gasteiger partial charge in [-0.2, -0.15) is 0 Å². The number of methoxy groups -OCH3 is 1. The number of ether oxygens (including phenoxy) is 1. The van der Waals surface area contributed by atoms with E-state index in [0.717, 1.165) is 24.3 Å². The maximum absolute atomic E-state index is 13.3. The van der Waals surface area contributed by atoms with Crippen LogP contribution in [0.4, 0.5) is 11.4 Å². The second-order valence-electron chi connectivity index (χ2n) is 7.13. The largest absolute Gasteiger partial charge is 0.495 e. The van der Waals surface area contributed by atoms with Crippen LogP contribution in [0.15, 0.2) is 53.7 Å². The number of hydrogen-bond donors (Lipinski definition) is 3. The van der Waals surface area contributed by atoms with Crippen LogP contribution in [-0.2, 0) is 4.79 Å². The summed E-state index contributed by atoms with van der Waals surface area (Å²) in [5, 5.41) is 10.2. The summed E-state index contributed by atoms with van der Waals surface area (Å²) in [4.78, 5) is 15.6. The third-order valence-electron chi connectivity index (χ3n) is 5.28. The Bertz CT molecular complexity index is 1000. The predicted octanol–water partition coefficient (Wildman–Crippen LogP) is 4.63. The number of anilines is 2. The molecule has 8 heteroatoms. The van der Waals surface area contributed by atoms with Crippen LogP contribution in [0.1, 0.15) is 32.4 Å². The van der Waals surface area contributed by atoms with E-state index < -0.39 is 0 Å². The number of allylic oxidation sites excluding steroid dienone is 1. The minimum Gasteiger partial charge on any atom is -0.495 e. The normalized spacial score (nSPS) is 15.8. The molecule has 0 fully saturated rings. The highest BCUT2D eigenvalue weighted by molar-refractivity contribution is 7.80. The Morgan fingerprint density at radius 3 is 2.48 bits per heavy atom. The van der Waals surface area contributed by atoms with Crippen molar-refractivity contribution >= 4 is 46.2 Å². The summed E-state index contributed by atoms with van der Waals surface area (Å²) in [6, 6.07) is 12.9. The first-order valence-corrected chi connectivity index (χ1v) is 10.9. The summed E-state index contributed by atoms with van der Waals surface area (Å²) in [6.07, 6.45) is 0. The Morgan fingerprint density at radius 1 is 1.19 bits per heavy atom. The maximum Gasteiger partial charge on any atom is 0.255 e. The minimum atomic E-state index is -0.385. The highest BCUT2D eigenvalue weighted by Crippen LogP contribution is 2.32. The molecule has 0 aromatic heterocycles. The molecular weight excluding hydrogens is 432 g/mol. The molecule has 31 heavy (non-hydrogen) atoms. The van der Waals surface area contributed by atoms with Gasteiger partial charge < -0.3 is 25.6 Å². The van der Waals surface area contributed by atoms with Gasteiger partial charge >= 0.3 is 0 Å². The topological polar surface area (TPSA) is 65.6 Å². The number of hydrogen-bond acceptors (Lipinski definition) is 4. The van der Waals surface area contributed by atoms with E-state index >= 15 is 0 Å². The Hall–Kier alpha value is -2.77. The van der Waals surface area contributed by atoms with E-state index in [9.17, 15) is 4.79 Å². The molecule has 0 saturated carbocycles. The van der Waals surface area contributed by atoms with Crippen molar-refractivity contribution < 1.29 is 9.53 Å². The number of nitrogens with one attached hydrogen (secondary N) is 3. The summed E-state index contributed by atoms with van der Waals surface area (Å²) in [5.41, 5.74) is 3.83. The minimum absolute atomic E-state index is 0.265. The molecule has 1 unspecified atom stereocenters. The monoisotopic (exact) mass is 458 g/mol. The van der Waals surface area contributed by atoms with E-state index in [1.165, 1.54) is 0 Å². The van der Waals surface area contributed by atoms with Gasteiger partial charge in [0.2, 0.25) is 0 Å². The van der Waals surface area contributed by atoms with Crippen molar-refractivity contribution in [3.8, 4) is 5.75 Å². The SMILES string of the molecule is CCN(CC)c1ccc(C2NC(=S)NC(C)=C2C(=O)Nc2cc(Cl)ccc2OC)cc1. The first-order valence-electron chi connectivity index (χ1n) is 10.2.